The Labute approximate surface area is 103 Å². The molecule has 0 spiro atoms. The van der Waals surface area contributed by atoms with Crippen molar-refractivity contribution in [2.24, 2.45) is 9.98 Å². The Morgan fingerprint density at radius 3 is 3.00 bits per heavy atom. The summed E-state index contributed by atoms with van der Waals surface area (Å²) in [6, 6.07) is -0.00920. The van der Waals surface area contributed by atoms with E-state index in [2.05, 4.69) is 16.6 Å². The van der Waals surface area contributed by atoms with E-state index in [1.54, 1.807) is 11.8 Å². The van der Waals surface area contributed by atoms with E-state index in [1.165, 1.54) is 0 Å². The standard InChI is InChI=1S/C11H12N2O3S/c1-6-4-8(16-11(6)14)10-13-7(5-17-10)9-12-2-3-15-9/h7-8H,1-5H2. The van der Waals surface area contributed by atoms with E-state index in [0.29, 0.717) is 18.6 Å². The monoisotopic (exact) mass is 252 g/mol. The van der Waals surface area contributed by atoms with Crippen molar-refractivity contribution < 1.29 is 14.3 Å². The van der Waals surface area contributed by atoms with Crippen LogP contribution in [0.25, 0.3) is 0 Å². The molecule has 0 aromatic carbocycles. The molecule has 3 aliphatic rings. The first-order chi connectivity index (χ1) is 8.24. The first kappa shape index (κ1) is 10.8. The summed E-state index contributed by atoms with van der Waals surface area (Å²) < 4.78 is 10.6. The second kappa shape index (κ2) is 4.18. The molecule has 90 valence electrons. The first-order valence-electron chi connectivity index (χ1n) is 5.50. The maximum atomic E-state index is 11.2. The number of cyclic esters (lactones) is 1. The Morgan fingerprint density at radius 2 is 2.35 bits per heavy atom. The zero-order valence-electron chi connectivity index (χ0n) is 9.22. The summed E-state index contributed by atoms with van der Waals surface area (Å²) >= 11 is 1.61. The molecule has 3 aliphatic heterocycles. The highest BCUT2D eigenvalue weighted by Gasteiger charge is 2.36. The lowest BCUT2D eigenvalue weighted by Gasteiger charge is -2.06. The molecule has 5 nitrogen and oxygen atoms in total. The Kier molecular flexibility index (Phi) is 2.66. The van der Waals surface area contributed by atoms with Crippen molar-refractivity contribution in [1.29, 1.82) is 0 Å². The van der Waals surface area contributed by atoms with Crippen molar-refractivity contribution in [3.05, 3.63) is 12.2 Å². The Bertz CT molecular complexity index is 428. The van der Waals surface area contributed by atoms with Gasteiger partial charge in [0.15, 0.2) is 6.10 Å². The van der Waals surface area contributed by atoms with E-state index in [9.17, 15) is 4.79 Å². The summed E-state index contributed by atoms with van der Waals surface area (Å²) in [5.74, 6) is 1.22. The Hall–Kier alpha value is -1.30. The molecule has 3 rings (SSSR count). The van der Waals surface area contributed by atoms with Crippen LogP contribution in [0.5, 0.6) is 0 Å². The van der Waals surface area contributed by atoms with E-state index < -0.39 is 0 Å². The van der Waals surface area contributed by atoms with Crippen LogP contribution in [0.2, 0.25) is 0 Å². The third-order valence-electron chi connectivity index (χ3n) is 2.81. The smallest absolute Gasteiger partial charge is 0.334 e. The Balaban J connectivity index is 1.71. The number of hydrogen-bond acceptors (Lipinski definition) is 6. The number of aliphatic imine (C=N–C) groups is 2. The Morgan fingerprint density at radius 1 is 1.47 bits per heavy atom. The summed E-state index contributed by atoms with van der Waals surface area (Å²) in [5.41, 5.74) is 0.524. The fourth-order valence-electron chi connectivity index (χ4n) is 1.95. The molecular formula is C11H12N2O3S. The number of thioether (sulfide) groups is 1. The number of carbonyl (C=O) groups excluding carboxylic acids is 1. The lowest BCUT2D eigenvalue weighted by molar-refractivity contribution is -0.136. The largest absolute Gasteiger partial charge is 0.477 e. The van der Waals surface area contributed by atoms with Crippen LogP contribution < -0.4 is 0 Å². The van der Waals surface area contributed by atoms with Gasteiger partial charge in [-0.05, 0) is 0 Å². The van der Waals surface area contributed by atoms with Crippen LogP contribution in [0.3, 0.4) is 0 Å². The zero-order chi connectivity index (χ0) is 11.8. The van der Waals surface area contributed by atoms with E-state index >= 15 is 0 Å². The van der Waals surface area contributed by atoms with Gasteiger partial charge in [-0.15, -0.1) is 11.8 Å². The van der Waals surface area contributed by atoms with Gasteiger partial charge in [0.05, 0.1) is 6.54 Å². The number of ether oxygens (including phenoxy) is 2. The molecule has 2 atom stereocenters. The molecule has 2 unspecified atom stereocenters. The predicted molar refractivity (Wildman–Crippen MR) is 65.6 cm³/mol. The van der Waals surface area contributed by atoms with Crippen molar-refractivity contribution in [1.82, 2.24) is 0 Å². The minimum Gasteiger partial charge on any atom is -0.477 e. The summed E-state index contributed by atoms with van der Waals surface area (Å²) in [6.07, 6.45) is 0.303. The number of nitrogens with zero attached hydrogens (tertiary/aromatic N) is 2. The van der Waals surface area contributed by atoms with Crippen LogP contribution in [-0.2, 0) is 14.3 Å². The fourth-order valence-corrected chi connectivity index (χ4v) is 3.01. The molecule has 0 aromatic heterocycles. The molecule has 1 fully saturated rings. The normalized spacial score (nSPS) is 32.2. The van der Waals surface area contributed by atoms with Crippen molar-refractivity contribution in [3.63, 3.8) is 0 Å². The van der Waals surface area contributed by atoms with Crippen LogP contribution in [0.15, 0.2) is 22.1 Å². The fraction of sp³-hybridized carbons (Fsp3) is 0.545. The average molecular weight is 252 g/mol. The zero-order valence-corrected chi connectivity index (χ0v) is 10.0. The maximum Gasteiger partial charge on any atom is 0.334 e. The average Bonchev–Trinajstić information content (AvgIpc) is 3.00. The molecule has 0 saturated carbocycles. The minimum atomic E-state index is -0.309. The van der Waals surface area contributed by atoms with Crippen molar-refractivity contribution >= 4 is 28.7 Å². The third kappa shape index (κ3) is 1.97. The number of esters is 1. The molecule has 0 aliphatic carbocycles. The van der Waals surface area contributed by atoms with Gasteiger partial charge in [0.25, 0.3) is 0 Å². The summed E-state index contributed by atoms with van der Waals surface area (Å²) in [4.78, 5) is 20.0. The van der Waals surface area contributed by atoms with Crippen molar-refractivity contribution in [3.8, 4) is 0 Å². The van der Waals surface area contributed by atoms with Gasteiger partial charge in [-0.3, -0.25) is 9.98 Å². The number of carbonyl (C=O) groups is 1. The minimum absolute atomic E-state index is 0.00920. The molecule has 1 saturated heterocycles. The number of hydrogen-bond donors (Lipinski definition) is 0. The van der Waals surface area contributed by atoms with Crippen LogP contribution in [-0.4, -0.2) is 48.0 Å². The van der Waals surface area contributed by atoms with E-state index in [-0.39, 0.29) is 18.1 Å². The highest BCUT2D eigenvalue weighted by atomic mass is 32.2. The molecule has 0 N–H and O–H groups in total. The summed E-state index contributed by atoms with van der Waals surface area (Å²) in [6.45, 7) is 5.03. The van der Waals surface area contributed by atoms with E-state index in [4.69, 9.17) is 9.47 Å². The molecule has 0 radical (unpaired) electrons. The lowest BCUT2D eigenvalue weighted by Crippen LogP contribution is -2.19. The van der Waals surface area contributed by atoms with Gasteiger partial charge in [0.2, 0.25) is 5.90 Å². The van der Waals surface area contributed by atoms with Gasteiger partial charge in [0, 0.05) is 17.7 Å². The van der Waals surface area contributed by atoms with E-state index in [0.717, 1.165) is 23.2 Å². The number of rotatable bonds is 2. The van der Waals surface area contributed by atoms with Crippen LogP contribution in [0, 0.1) is 0 Å². The van der Waals surface area contributed by atoms with Crippen molar-refractivity contribution in [2.45, 2.75) is 18.6 Å². The van der Waals surface area contributed by atoms with Crippen LogP contribution >= 0.6 is 11.8 Å². The quantitative estimate of drug-likeness (QED) is 0.539. The maximum absolute atomic E-state index is 11.2. The molecule has 0 aromatic rings. The predicted octanol–water partition coefficient (Wildman–Crippen LogP) is 0.801. The van der Waals surface area contributed by atoms with Gasteiger partial charge in [-0.25, -0.2) is 4.79 Å². The van der Waals surface area contributed by atoms with Gasteiger partial charge in [-0.2, -0.15) is 0 Å². The van der Waals surface area contributed by atoms with Gasteiger partial charge in [0.1, 0.15) is 17.7 Å². The van der Waals surface area contributed by atoms with Crippen LogP contribution in [0.1, 0.15) is 6.42 Å². The van der Waals surface area contributed by atoms with Gasteiger partial charge in [-0.1, -0.05) is 6.58 Å². The SMILES string of the molecule is C=C1CC(C2=NC(C3=NCCO3)CS2)OC1=O. The molecule has 17 heavy (non-hydrogen) atoms. The van der Waals surface area contributed by atoms with Gasteiger partial charge >= 0.3 is 5.97 Å². The first-order valence-corrected chi connectivity index (χ1v) is 6.49. The van der Waals surface area contributed by atoms with Crippen LogP contribution in [0.4, 0.5) is 0 Å². The molecule has 6 heteroatoms. The third-order valence-corrected chi connectivity index (χ3v) is 3.96. The van der Waals surface area contributed by atoms with Crippen molar-refractivity contribution in [2.75, 3.05) is 18.9 Å². The lowest BCUT2D eigenvalue weighted by atomic mass is 10.2. The molecule has 3 heterocycles. The highest BCUT2D eigenvalue weighted by Crippen LogP contribution is 2.30. The summed E-state index contributed by atoms with van der Waals surface area (Å²) in [5, 5.41) is 0.861. The molecule has 0 amide bonds. The molecule has 0 bridgehead atoms. The second-order valence-electron chi connectivity index (χ2n) is 4.06. The van der Waals surface area contributed by atoms with E-state index in [1.807, 2.05) is 0 Å². The highest BCUT2D eigenvalue weighted by molar-refractivity contribution is 8.14. The second-order valence-corrected chi connectivity index (χ2v) is 5.10. The summed E-state index contributed by atoms with van der Waals surface area (Å²) in [7, 11) is 0. The van der Waals surface area contributed by atoms with Gasteiger partial charge < -0.3 is 9.47 Å². The topological polar surface area (TPSA) is 60.3 Å². The molecular weight excluding hydrogens is 240 g/mol.